The summed E-state index contributed by atoms with van der Waals surface area (Å²) in [5.41, 5.74) is 0. The minimum Gasteiger partial charge on any atom is -0.493 e. The van der Waals surface area contributed by atoms with Gasteiger partial charge in [-0.15, -0.1) is 0 Å². The summed E-state index contributed by atoms with van der Waals surface area (Å²) in [6.07, 6.45) is 0.688. The third-order valence-corrected chi connectivity index (χ3v) is 2.91. The molecule has 0 bridgehead atoms. The molecule has 0 radical (unpaired) electrons. The Kier molecular flexibility index (Phi) is 4.20. The van der Waals surface area contributed by atoms with Gasteiger partial charge >= 0.3 is 0 Å². The van der Waals surface area contributed by atoms with Crippen LogP contribution in [0.3, 0.4) is 0 Å². The molecule has 0 N–H and O–H groups in total. The summed E-state index contributed by atoms with van der Waals surface area (Å²) >= 11 is 0. The first kappa shape index (κ1) is 12.9. The van der Waals surface area contributed by atoms with Gasteiger partial charge in [-0.05, 0) is 18.6 Å². The molecule has 1 aliphatic rings. The van der Waals surface area contributed by atoms with Gasteiger partial charge in [-0.1, -0.05) is 19.1 Å². The second-order valence-corrected chi connectivity index (χ2v) is 4.27. The monoisotopic (exact) mass is 250 g/mol. The van der Waals surface area contributed by atoms with Crippen LogP contribution in [0.1, 0.15) is 19.8 Å². The lowest BCUT2D eigenvalue weighted by Gasteiger charge is -2.34. The first-order valence-electron chi connectivity index (χ1n) is 6.20. The third-order valence-electron chi connectivity index (χ3n) is 2.91. The number of carbonyl (C=O) groups is 1. The molecule has 0 aromatic heterocycles. The van der Waals surface area contributed by atoms with E-state index in [-0.39, 0.29) is 11.9 Å². The molecule has 1 aromatic carbocycles. The lowest BCUT2D eigenvalue weighted by atomic mass is 9.90. The van der Waals surface area contributed by atoms with Crippen LogP contribution in [0.5, 0.6) is 11.5 Å². The lowest BCUT2D eigenvalue weighted by Crippen LogP contribution is -2.52. The van der Waals surface area contributed by atoms with E-state index in [1.165, 1.54) is 0 Å². The summed E-state index contributed by atoms with van der Waals surface area (Å²) in [6, 6.07) is 7.42. The SMILES string of the molecule is CCCOC1C(=O)CC1Oc1ccccc1OC. The molecule has 1 aliphatic carbocycles. The van der Waals surface area contributed by atoms with Gasteiger partial charge in [-0.25, -0.2) is 0 Å². The van der Waals surface area contributed by atoms with E-state index in [0.29, 0.717) is 24.5 Å². The molecule has 2 atom stereocenters. The van der Waals surface area contributed by atoms with Crippen LogP contribution >= 0.6 is 0 Å². The van der Waals surface area contributed by atoms with E-state index in [0.717, 1.165) is 6.42 Å². The average Bonchev–Trinajstić information content (AvgIpc) is 2.39. The van der Waals surface area contributed by atoms with Crippen molar-refractivity contribution in [2.45, 2.75) is 32.0 Å². The fraction of sp³-hybridized carbons (Fsp3) is 0.500. The largest absolute Gasteiger partial charge is 0.493 e. The Morgan fingerprint density at radius 3 is 2.61 bits per heavy atom. The van der Waals surface area contributed by atoms with Crippen molar-refractivity contribution in [3.05, 3.63) is 24.3 Å². The van der Waals surface area contributed by atoms with E-state index >= 15 is 0 Å². The molecule has 18 heavy (non-hydrogen) atoms. The standard InChI is InChI=1S/C14H18O4/c1-3-8-17-14-10(15)9-13(14)18-12-7-5-4-6-11(12)16-2/h4-7,13-14H,3,8-9H2,1-2H3. The van der Waals surface area contributed by atoms with Crippen LogP contribution in [0.2, 0.25) is 0 Å². The van der Waals surface area contributed by atoms with Crippen molar-refractivity contribution in [3.8, 4) is 11.5 Å². The first-order valence-corrected chi connectivity index (χ1v) is 6.20. The second-order valence-electron chi connectivity index (χ2n) is 4.27. The quantitative estimate of drug-likeness (QED) is 0.776. The van der Waals surface area contributed by atoms with Crippen LogP contribution < -0.4 is 9.47 Å². The minimum atomic E-state index is -0.421. The summed E-state index contributed by atoms with van der Waals surface area (Å²) in [5.74, 6) is 1.44. The van der Waals surface area contributed by atoms with Crippen LogP contribution in [0, 0.1) is 0 Å². The lowest BCUT2D eigenvalue weighted by molar-refractivity contribution is -0.154. The molecule has 1 fully saturated rings. The van der Waals surface area contributed by atoms with E-state index in [4.69, 9.17) is 14.2 Å². The van der Waals surface area contributed by atoms with Gasteiger partial charge in [0.1, 0.15) is 6.10 Å². The van der Waals surface area contributed by atoms with Crippen LogP contribution in [-0.2, 0) is 9.53 Å². The highest BCUT2D eigenvalue weighted by Crippen LogP contribution is 2.31. The molecular weight excluding hydrogens is 232 g/mol. The van der Waals surface area contributed by atoms with Crippen molar-refractivity contribution in [1.82, 2.24) is 0 Å². The maximum Gasteiger partial charge on any atom is 0.169 e. The number of para-hydroxylation sites is 2. The van der Waals surface area contributed by atoms with Gasteiger partial charge in [0, 0.05) is 13.0 Å². The van der Waals surface area contributed by atoms with Crippen molar-refractivity contribution < 1.29 is 19.0 Å². The van der Waals surface area contributed by atoms with Gasteiger partial charge < -0.3 is 14.2 Å². The Hall–Kier alpha value is -1.55. The molecule has 0 saturated heterocycles. The molecule has 1 aromatic rings. The zero-order valence-corrected chi connectivity index (χ0v) is 10.7. The van der Waals surface area contributed by atoms with E-state index in [1.54, 1.807) is 7.11 Å². The van der Waals surface area contributed by atoms with Crippen molar-refractivity contribution >= 4 is 5.78 Å². The van der Waals surface area contributed by atoms with Crippen LogP contribution in [0.25, 0.3) is 0 Å². The summed E-state index contributed by atoms with van der Waals surface area (Å²) in [7, 11) is 1.60. The van der Waals surface area contributed by atoms with Gasteiger partial charge in [0.05, 0.1) is 7.11 Å². The van der Waals surface area contributed by atoms with Crippen molar-refractivity contribution in [2.24, 2.45) is 0 Å². The fourth-order valence-corrected chi connectivity index (χ4v) is 1.90. The van der Waals surface area contributed by atoms with Crippen LogP contribution in [-0.4, -0.2) is 31.7 Å². The van der Waals surface area contributed by atoms with Gasteiger partial charge in [0.15, 0.2) is 23.4 Å². The molecule has 98 valence electrons. The predicted octanol–water partition coefficient (Wildman–Crippen LogP) is 2.21. The Morgan fingerprint density at radius 1 is 1.28 bits per heavy atom. The molecule has 2 rings (SSSR count). The Bertz CT molecular complexity index is 416. The molecule has 4 nitrogen and oxygen atoms in total. The number of methoxy groups -OCH3 is 1. The maximum atomic E-state index is 11.5. The zero-order chi connectivity index (χ0) is 13.0. The number of hydrogen-bond donors (Lipinski definition) is 0. The van der Waals surface area contributed by atoms with Crippen LogP contribution in [0.15, 0.2) is 24.3 Å². The number of Topliss-reactive ketones (excluding diaryl/α,β-unsaturated/α-hetero) is 1. The summed E-state index contributed by atoms with van der Waals surface area (Å²) in [5, 5.41) is 0. The summed E-state index contributed by atoms with van der Waals surface area (Å²) in [6.45, 7) is 2.60. The second kappa shape index (κ2) is 5.87. The van der Waals surface area contributed by atoms with E-state index < -0.39 is 6.10 Å². The Balaban J connectivity index is 1.99. The molecule has 0 heterocycles. The average molecular weight is 250 g/mol. The van der Waals surface area contributed by atoms with Gasteiger partial charge in [0.25, 0.3) is 0 Å². The van der Waals surface area contributed by atoms with E-state index in [2.05, 4.69) is 0 Å². The normalized spacial score (nSPS) is 22.4. The summed E-state index contributed by atoms with van der Waals surface area (Å²) < 4.78 is 16.5. The van der Waals surface area contributed by atoms with E-state index in [1.807, 2.05) is 31.2 Å². The zero-order valence-electron chi connectivity index (χ0n) is 10.7. The number of ether oxygens (including phenoxy) is 3. The van der Waals surface area contributed by atoms with E-state index in [9.17, 15) is 4.79 Å². The van der Waals surface area contributed by atoms with Crippen LogP contribution in [0.4, 0.5) is 0 Å². The third kappa shape index (κ3) is 2.64. The number of ketones is 1. The molecular formula is C14H18O4. The molecule has 1 saturated carbocycles. The number of hydrogen-bond acceptors (Lipinski definition) is 4. The first-order chi connectivity index (χ1) is 8.76. The number of rotatable bonds is 6. The topological polar surface area (TPSA) is 44.8 Å². The smallest absolute Gasteiger partial charge is 0.169 e. The highest BCUT2D eigenvalue weighted by atomic mass is 16.6. The highest BCUT2D eigenvalue weighted by Gasteiger charge is 2.42. The molecule has 0 spiro atoms. The minimum absolute atomic E-state index is 0.114. The van der Waals surface area contributed by atoms with Crippen molar-refractivity contribution in [3.63, 3.8) is 0 Å². The van der Waals surface area contributed by atoms with Gasteiger partial charge in [-0.2, -0.15) is 0 Å². The Labute approximate surface area is 107 Å². The number of carbonyl (C=O) groups excluding carboxylic acids is 1. The Morgan fingerprint density at radius 2 is 2.00 bits per heavy atom. The molecule has 2 unspecified atom stereocenters. The molecule has 0 amide bonds. The number of benzene rings is 1. The summed E-state index contributed by atoms with van der Waals surface area (Å²) in [4.78, 5) is 11.5. The molecule has 0 aliphatic heterocycles. The predicted molar refractivity (Wildman–Crippen MR) is 67.1 cm³/mol. The van der Waals surface area contributed by atoms with Crippen molar-refractivity contribution in [2.75, 3.05) is 13.7 Å². The van der Waals surface area contributed by atoms with Gasteiger partial charge in [-0.3, -0.25) is 4.79 Å². The fourth-order valence-electron chi connectivity index (χ4n) is 1.90. The highest BCUT2D eigenvalue weighted by molar-refractivity contribution is 5.90. The van der Waals surface area contributed by atoms with Gasteiger partial charge in [0.2, 0.25) is 0 Å². The maximum absolute atomic E-state index is 11.5. The molecule has 4 heteroatoms. The van der Waals surface area contributed by atoms with Crippen molar-refractivity contribution in [1.29, 1.82) is 0 Å².